The average molecular weight is 387 g/mol. The molecule has 0 spiro atoms. The molecule has 0 aliphatic heterocycles. The van der Waals surface area contributed by atoms with Gasteiger partial charge < -0.3 is 4.74 Å². The highest BCUT2D eigenvalue weighted by Crippen LogP contribution is 2.38. The molecular formula is C25H32F2O. The molecule has 1 fully saturated rings. The molecule has 0 radical (unpaired) electrons. The van der Waals surface area contributed by atoms with Crippen LogP contribution in [-0.4, -0.2) is 7.11 Å². The number of hydrogen-bond acceptors (Lipinski definition) is 1. The highest BCUT2D eigenvalue weighted by Gasteiger charge is 2.24. The Hall–Kier alpha value is -1.74. The van der Waals surface area contributed by atoms with Gasteiger partial charge in [0.1, 0.15) is 17.7 Å². The summed E-state index contributed by atoms with van der Waals surface area (Å²) < 4.78 is 33.8. The molecule has 3 rings (SSSR count). The Kier molecular flexibility index (Phi) is 7.61. The SMILES string of the molecule is CCCCC[C@H]1CC[C@H](c2ccc(C(OC)c3c(F)cccc3F)cc2)CC1. The van der Waals surface area contributed by atoms with E-state index in [1.807, 2.05) is 12.1 Å². The van der Waals surface area contributed by atoms with Crippen molar-refractivity contribution in [3.63, 3.8) is 0 Å². The molecule has 0 amide bonds. The van der Waals surface area contributed by atoms with Crippen molar-refractivity contribution in [3.05, 3.63) is 70.8 Å². The minimum absolute atomic E-state index is 0.0228. The first-order valence-electron chi connectivity index (χ1n) is 10.7. The maximum absolute atomic E-state index is 14.2. The average Bonchev–Trinajstić information content (AvgIpc) is 2.72. The van der Waals surface area contributed by atoms with E-state index in [0.717, 1.165) is 11.5 Å². The zero-order valence-corrected chi connectivity index (χ0v) is 17.1. The van der Waals surface area contributed by atoms with E-state index in [1.165, 1.54) is 82.2 Å². The molecule has 1 atom stereocenters. The molecule has 0 heterocycles. The Morgan fingerprint density at radius 3 is 2.14 bits per heavy atom. The fraction of sp³-hybridized carbons (Fsp3) is 0.520. The van der Waals surface area contributed by atoms with Gasteiger partial charge in [0.2, 0.25) is 0 Å². The molecule has 0 N–H and O–H groups in total. The van der Waals surface area contributed by atoms with E-state index >= 15 is 0 Å². The number of halogens is 2. The number of hydrogen-bond donors (Lipinski definition) is 0. The van der Waals surface area contributed by atoms with Gasteiger partial charge in [-0.05, 0) is 60.8 Å². The van der Waals surface area contributed by atoms with Gasteiger partial charge >= 0.3 is 0 Å². The van der Waals surface area contributed by atoms with Gasteiger partial charge in [0.25, 0.3) is 0 Å². The fourth-order valence-electron chi connectivity index (χ4n) is 4.59. The Morgan fingerprint density at radius 1 is 0.929 bits per heavy atom. The molecular weight excluding hydrogens is 354 g/mol. The molecule has 152 valence electrons. The van der Waals surface area contributed by atoms with E-state index in [2.05, 4.69) is 19.1 Å². The van der Waals surface area contributed by atoms with Crippen molar-refractivity contribution in [1.29, 1.82) is 0 Å². The lowest BCUT2D eigenvalue weighted by molar-refractivity contribution is 0.129. The molecule has 2 aromatic rings. The standard InChI is InChI=1S/C25H32F2O/c1-3-4-5-7-18-10-12-19(13-11-18)20-14-16-21(17-15-20)25(28-2)24-22(26)8-6-9-23(24)27/h6,8-9,14-19,25H,3-5,7,10-13H2,1-2H3/t18-,19-,25?. The van der Waals surface area contributed by atoms with Gasteiger partial charge in [0, 0.05) is 7.11 Å². The van der Waals surface area contributed by atoms with Crippen molar-refractivity contribution in [2.45, 2.75) is 70.3 Å². The van der Waals surface area contributed by atoms with Crippen molar-refractivity contribution in [2.24, 2.45) is 5.92 Å². The molecule has 0 aromatic heterocycles. The predicted molar refractivity (Wildman–Crippen MR) is 110 cm³/mol. The molecule has 1 nitrogen and oxygen atoms in total. The minimum atomic E-state index is -0.732. The van der Waals surface area contributed by atoms with Gasteiger partial charge in [-0.3, -0.25) is 0 Å². The summed E-state index contributed by atoms with van der Waals surface area (Å²) in [6, 6.07) is 12.1. The number of benzene rings is 2. The first kappa shape index (κ1) is 21.0. The maximum atomic E-state index is 14.2. The Bertz CT molecular complexity index is 712. The summed E-state index contributed by atoms with van der Waals surface area (Å²) in [5.41, 5.74) is 2.09. The smallest absolute Gasteiger partial charge is 0.132 e. The van der Waals surface area contributed by atoms with Crippen molar-refractivity contribution >= 4 is 0 Å². The third-order valence-corrected chi connectivity index (χ3v) is 6.27. The maximum Gasteiger partial charge on any atom is 0.132 e. The quantitative estimate of drug-likeness (QED) is 0.425. The minimum Gasteiger partial charge on any atom is -0.372 e. The predicted octanol–water partition coefficient (Wildman–Crippen LogP) is 7.55. The molecule has 0 saturated heterocycles. The zero-order valence-electron chi connectivity index (χ0n) is 17.1. The molecule has 0 bridgehead atoms. The van der Waals surface area contributed by atoms with E-state index in [4.69, 9.17) is 4.74 Å². The van der Waals surface area contributed by atoms with Crippen LogP contribution in [0.4, 0.5) is 8.78 Å². The van der Waals surface area contributed by atoms with Gasteiger partial charge in [-0.25, -0.2) is 8.78 Å². The van der Waals surface area contributed by atoms with E-state index in [0.29, 0.717) is 5.92 Å². The summed E-state index contributed by atoms with van der Waals surface area (Å²) in [7, 11) is 1.49. The highest BCUT2D eigenvalue weighted by molar-refractivity contribution is 5.35. The van der Waals surface area contributed by atoms with Gasteiger partial charge in [0.15, 0.2) is 0 Å². The lowest BCUT2D eigenvalue weighted by Crippen LogP contribution is -2.14. The van der Waals surface area contributed by atoms with Crippen LogP contribution in [0.2, 0.25) is 0 Å². The second-order valence-corrected chi connectivity index (χ2v) is 8.13. The van der Waals surface area contributed by atoms with Crippen molar-refractivity contribution < 1.29 is 13.5 Å². The van der Waals surface area contributed by atoms with Crippen LogP contribution in [-0.2, 0) is 4.74 Å². The summed E-state index contributed by atoms with van der Waals surface area (Å²) in [4.78, 5) is 0. The van der Waals surface area contributed by atoms with Crippen molar-refractivity contribution in [1.82, 2.24) is 0 Å². The van der Waals surface area contributed by atoms with Crippen LogP contribution in [0.3, 0.4) is 0 Å². The lowest BCUT2D eigenvalue weighted by atomic mass is 9.77. The van der Waals surface area contributed by atoms with Crippen molar-refractivity contribution in [2.75, 3.05) is 7.11 Å². The number of rotatable bonds is 8. The number of ether oxygens (including phenoxy) is 1. The Morgan fingerprint density at radius 2 is 1.57 bits per heavy atom. The van der Waals surface area contributed by atoms with Gasteiger partial charge in [-0.1, -0.05) is 62.9 Å². The second-order valence-electron chi connectivity index (χ2n) is 8.13. The van der Waals surface area contributed by atoms with E-state index < -0.39 is 17.7 Å². The zero-order chi connectivity index (χ0) is 19.9. The first-order valence-corrected chi connectivity index (χ1v) is 10.7. The summed E-state index contributed by atoms with van der Waals surface area (Å²) >= 11 is 0. The van der Waals surface area contributed by atoms with Crippen LogP contribution in [0, 0.1) is 17.6 Å². The van der Waals surface area contributed by atoms with E-state index in [9.17, 15) is 8.78 Å². The van der Waals surface area contributed by atoms with Crippen LogP contribution < -0.4 is 0 Å². The molecule has 28 heavy (non-hydrogen) atoms. The Balaban J connectivity index is 1.65. The van der Waals surface area contributed by atoms with Crippen molar-refractivity contribution in [3.8, 4) is 0 Å². The molecule has 3 heteroatoms. The molecule has 1 aliphatic carbocycles. The lowest BCUT2D eigenvalue weighted by Gasteiger charge is -2.29. The summed E-state index contributed by atoms with van der Waals surface area (Å²) in [5, 5.41) is 0. The van der Waals surface area contributed by atoms with E-state index in [1.54, 1.807) is 0 Å². The number of unbranched alkanes of at least 4 members (excludes halogenated alkanes) is 2. The van der Waals surface area contributed by atoms with Gasteiger partial charge in [0.05, 0.1) is 5.56 Å². The second kappa shape index (κ2) is 10.2. The molecule has 2 aromatic carbocycles. The fourth-order valence-corrected chi connectivity index (χ4v) is 4.59. The number of methoxy groups -OCH3 is 1. The topological polar surface area (TPSA) is 9.23 Å². The molecule has 1 saturated carbocycles. The third-order valence-electron chi connectivity index (χ3n) is 6.27. The van der Waals surface area contributed by atoms with Crippen LogP contribution in [0.25, 0.3) is 0 Å². The van der Waals surface area contributed by atoms with Gasteiger partial charge in [-0.2, -0.15) is 0 Å². The normalized spacial score (nSPS) is 20.9. The largest absolute Gasteiger partial charge is 0.372 e. The highest BCUT2D eigenvalue weighted by atomic mass is 19.1. The van der Waals surface area contributed by atoms with Crippen LogP contribution >= 0.6 is 0 Å². The first-order chi connectivity index (χ1) is 13.6. The molecule has 1 aliphatic rings. The van der Waals surface area contributed by atoms with E-state index in [-0.39, 0.29) is 5.56 Å². The van der Waals surface area contributed by atoms with Crippen LogP contribution in [0.15, 0.2) is 42.5 Å². The van der Waals surface area contributed by atoms with Gasteiger partial charge in [-0.15, -0.1) is 0 Å². The summed E-state index contributed by atoms with van der Waals surface area (Å²) in [5.74, 6) is 0.348. The molecule has 1 unspecified atom stereocenters. The monoisotopic (exact) mass is 386 g/mol. The van der Waals surface area contributed by atoms with Crippen LogP contribution in [0.1, 0.15) is 87.0 Å². The summed E-state index contributed by atoms with van der Waals surface area (Å²) in [6.07, 6.45) is 9.77. The summed E-state index contributed by atoms with van der Waals surface area (Å²) in [6.45, 7) is 2.26. The van der Waals surface area contributed by atoms with Crippen LogP contribution in [0.5, 0.6) is 0 Å². The third kappa shape index (κ3) is 5.00. The Labute approximate surface area is 168 Å².